The molecule has 0 spiro atoms. The molecule has 3 rings (SSSR count). The van der Waals surface area contributed by atoms with Crippen LogP contribution in [-0.4, -0.2) is 40.1 Å². The van der Waals surface area contributed by atoms with Gasteiger partial charge in [-0.3, -0.25) is 10.1 Å². The second-order valence-electron chi connectivity index (χ2n) is 6.14. The quantitative estimate of drug-likeness (QED) is 0.878. The fraction of sp³-hybridized carbons (Fsp3) is 0.412. The molecule has 1 aliphatic rings. The summed E-state index contributed by atoms with van der Waals surface area (Å²) in [5.74, 6) is 0.0692. The van der Waals surface area contributed by atoms with Gasteiger partial charge in [0.05, 0.1) is 6.42 Å². The number of anilines is 2. The van der Waals surface area contributed by atoms with E-state index in [1.165, 1.54) is 16.9 Å². The number of carbonyl (C=O) groups is 2. The molecule has 0 unspecified atom stereocenters. The van der Waals surface area contributed by atoms with E-state index >= 15 is 0 Å². The average Bonchev–Trinajstić information content (AvgIpc) is 3.23. The molecule has 2 heterocycles. The van der Waals surface area contributed by atoms with E-state index in [2.05, 4.69) is 20.8 Å². The highest BCUT2D eigenvalue weighted by Gasteiger charge is 2.20. The number of aryl methyl sites for hydroxylation is 2. The van der Waals surface area contributed by atoms with Gasteiger partial charge >= 0.3 is 6.03 Å². The number of nitrogens with zero attached hydrogens (tertiary/aromatic N) is 3. The lowest BCUT2D eigenvalue weighted by atomic mass is 10.1. The van der Waals surface area contributed by atoms with Crippen LogP contribution in [0.4, 0.5) is 15.6 Å². The van der Waals surface area contributed by atoms with Gasteiger partial charge in [-0.25, -0.2) is 4.79 Å². The first-order valence-electron chi connectivity index (χ1n) is 8.26. The molecule has 0 saturated carbocycles. The maximum absolute atomic E-state index is 12.1. The zero-order valence-electron chi connectivity index (χ0n) is 14.3. The first kappa shape index (κ1) is 17.3. The highest BCUT2D eigenvalue weighted by Crippen LogP contribution is 2.19. The molecule has 0 atom stereocenters. The molecule has 0 bridgehead atoms. The lowest BCUT2D eigenvalue weighted by Crippen LogP contribution is -2.28. The molecule has 1 aromatic heterocycles. The van der Waals surface area contributed by atoms with Crippen molar-refractivity contribution in [3.05, 3.63) is 34.3 Å². The average molecular weight is 359 g/mol. The highest BCUT2D eigenvalue weighted by atomic mass is 32.1. The lowest BCUT2D eigenvalue weighted by molar-refractivity contribution is -0.129. The Labute approximate surface area is 150 Å². The van der Waals surface area contributed by atoms with Crippen LogP contribution >= 0.6 is 11.3 Å². The molecule has 0 radical (unpaired) electrons. The summed E-state index contributed by atoms with van der Waals surface area (Å²) < 4.78 is 0. The Morgan fingerprint density at radius 3 is 2.60 bits per heavy atom. The van der Waals surface area contributed by atoms with E-state index in [-0.39, 0.29) is 18.4 Å². The second kappa shape index (κ2) is 7.60. The van der Waals surface area contributed by atoms with Crippen LogP contribution < -0.4 is 10.6 Å². The Morgan fingerprint density at radius 1 is 1.12 bits per heavy atom. The molecule has 1 saturated heterocycles. The highest BCUT2D eigenvalue weighted by molar-refractivity contribution is 7.15. The predicted molar refractivity (Wildman–Crippen MR) is 98.0 cm³/mol. The third-order valence-electron chi connectivity index (χ3n) is 4.21. The van der Waals surface area contributed by atoms with E-state index in [0.29, 0.717) is 10.1 Å². The number of hydrogen-bond acceptors (Lipinski definition) is 5. The lowest BCUT2D eigenvalue weighted by Gasteiger charge is -2.13. The number of urea groups is 1. The van der Waals surface area contributed by atoms with Crippen LogP contribution in [0, 0.1) is 13.8 Å². The van der Waals surface area contributed by atoms with Crippen molar-refractivity contribution < 1.29 is 9.59 Å². The van der Waals surface area contributed by atoms with Gasteiger partial charge in [0.2, 0.25) is 11.0 Å². The molecule has 0 aliphatic carbocycles. The third kappa shape index (κ3) is 4.54. The summed E-state index contributed by atoms with van der Waals surface area (Å²) in [6.45, 7) is 5.65. The molecular weight excluding hydrogens is 338 g/mol. The van der Waals surface area contributed by atoms with Crippen LogP contribution in [0.15, 0.2) is 18.2 Å². The molecule has 7 nitrogen and oxygen atoms in total. The molecule has 3 amide bonds. The summed E-state index contributed by atoms with van der Waals surface area (Å²) in [4.78, 5) is 26.0. The largest absolute Gasteiger partial charge is 0.342 e. The van der Waals surface area contributed by atoms with Gasteiger partial charge in [-0.1, -0.05) is 17.4 Å². The number of amides is 3. The van der Waals surface area contributed by atoms with Gasteiger partial charge in [0.1, 0.15) is 5.01 Å². The predicted octanol–water partition coefficient (Wildman–Crippen LogP) is 2.96. The SMILES string of the molecule is Cc1ccc(NC(=O)Nc2nnc(CC(=O)N3CCCC3)s2)cc1C. The van der Waals surface area contributed by atoms with Crippen molar-refractivity contribution in [1.29, 1.82) is 0 Å². The number of benzene rings is 1. The Balaban J connectivity index is 1.54. The Hall–Kier alpha value is -2.48. The van der Waals surface area contributed by atoms with Gasteiger partial charge in [-0.15, -0.1) is 10.2 Å². The maximum atomic E-state index is 12.1. The second-order valence-corrected chi connectivity index (χ2v) is 7.21. The zero-order chi connectivity index (χ0) is 17.8. The van der Waals surface area contributed by atoms with Crippen LogP contribution in [0.3, 0.4) is 0 Å². The summed E-state index contributed by atoms with van der Waals surface area (Å²) >= 11 is 1.22. The monoisotopic (exact) mass is 359 g/mol. The standard InChI is InChI=1S/C17H21N5O2S/c1-11-5-6-13(9-12(11)2)18-16(24)19-17-21-20-14(25-17)10-15(23)22-7-3-4-8-22/h5-6,9H,3-4,7-8,10H2,1-2H3,(H2,18,19,21,24). The molecule has 8 heteroatoms. The summed E-state index contributed by atoms with van der Waals surface area (Å²) in [6.07, 6.45) is 2.36. The van der Waals surface area contributed by atoms with Gasteiger partial charge in [0.25, 0.3) is 0 Å². The van der Waals surface area contributed by atoms with Crippen LogP contribution in [-0.2, 0) is 11.2 Å². The third-order valence-corrected chi connectivity index (χ3v) is 5.05. The van der Waals surface area contributed by atoms with Crippen LogP contribution in [0.2, 0.25) is 0 Å². The molecule has 2 aromatic rings. The Morgan fingerprint density at radius 2 is 1.88 bits per heavy atom. The number of rotatable bonds is 4. The topological polar surface area (TPSA) is 87.2 Å². The molecule has 1 aromatic carbocycles. The van der Waals surface area contributed by atoms with Gasteiger partial charge in [0.15, 0.2) is 0 Å². The summed E-state index contributed by atoms with van der Waals surface area (Å²) in [5, 5.41) is 14.3. The van der Waals surface area contributed by atoms with Crippen molar-refractivity contribution in [3.8, 4) is 0 Å². The van der Waals surface area contributed by atoms with Crippen molar-refractivity contribution >= 4 is 34.1 Å². The van der Waals surface area contributed by atoms with Crippen molar-refractivity contribution in [1.82, 2.24) is 15.1 Å². The first-order chi connectivity index (χ1) is 12.0. The zero-order valence-corrected chi connectivity index (χ0v) is 15.2. The van der Waals surface area contributed by atoms with E-state index in [9.17, 15) is 9.59 Å². The van der Waals surface area contributed by atoms with E-state index in [1.807, 2.05) is 36.9 Å². The van der Waals surface area contributed by atoms with Crippen LogP contribution in [0.25, 0.3) is 0 Å². The summed E-state index contributed by atoms with van der Waals surface area (Å²) in [7, 11) is 0. The minimum absolute atomic E-state index is 0.0692. The maximum Gasteiger partial charge on any atom is 0.325 e. The fourth-order valence-corrected chi connectivity index (χ4v) is 3.39. The van der Waals surface area contributed by atoms with E-state index < -0.39 is 0 Å². The number of likely N-dealkylation sites (tertiary alicyclic amines) is 1. The summed E-state index contributed by atoms with van der Waals surface area (Å²) in [6, 6.07) is 5.34. The molecule has 1 aliphatic heterocycles. The van der Waals surface area contributed by atoms with Gasteiger partial charge in [-0.05, 0) is 49.9 Å². The van der Waals surface area contributed by atoms with Crippen molar-refractivity contribution in [2.75, 3.05) is 23.7 Å². The number of carbonyl (C=O) groups excluding carboxylic acids is 2. The van der Waals surface area contributed by atoms with Crippen LogP contribution in [0.5, 0.6) is 0 Å². The number of nitrogens with one attached hydrogen (secondary N) is 2. The minimum Gasteiger partial charge on any atom is -0.342 e. The van der Waals surface area contributed by atoms with Crippen molar-refractivity contribution in [2.45, 2.75) is 33.1 Å². The number of hydrogen-bond donors (Lipinski definition) is 2. The minimum atomic E-state index is -0.378. The number of aromatic nitrogens is 2. The summed E-state index contributed by atoms with van der Waals surface area (Å²) in [5.41, 5.74) is 2.99. The Kier molecular flexibility index (Phi) is 5.28. The smallest absolute Gasteiger partial charge is 0.325 e. The van der Waals surface area contributed by atoms with E-state index in [4.69, 9.17) is 0 Å². The molecule has 132 valence electrons. The van der Waals surface area contributed by atoms with Gasteiger partial charge in [-0.2, -0.15) is 0 Å². The molecular formula is C17H21N5O2S. The fourth-order valence-electron chi connectivity index (χ4n) is 2.66. The van der Waals surface area contributed by atoms with Gasteiger partial charge in [0, 0.05) is 18.8 Å². The van der Waals surface area contributed by atoms with Crippen molar-refractivity contribution in [3.63, 3.8) is 0 Å². The Bertz CT molecular complexity index is 783. The van der Waals surface area contributed by atoms with E-state index in [0.717, 1.165) is 37.2 Å². The molecule has 1 fully saturated rings. The van der Waals surface area contributed by atoms with Crippen molar-refractivity contribution in [2.24, 2.45) is 0 Å². The molecule has 2 N–H and O–H groups in total. The molecule has 25 heavy (non-hydrogen) atoms. The van der Waals surface area contributed by atoms with Crippen LogP contribution in [0.1, 0.15) is 29.0 Å². The first-order valence-corrected chi connectivity index (χ1v) is 9.08. The normalized spacial score (nSPS) is 13.8. The van der Waals surface area contributed by atoms with Gasteiger partial charge < -0.3 is 10.2 Å². The van der Waals surface area contributed by atoms with E-state index in [1.54, 1.807) is 0 Å².